The van der Waals surface area contributed by atoms with Crippen molar-refractivity contribution in [2.24, 2.45) is 0 Å². The summed E-state index contributed by atoms with van der Waals surface area (Å²) in [6.45, 7) is 0. The summed E-state index contributed by atoms with van der Waals surface area (Å²) in [7, 11) is 1.58. The number of aliphatic hydroxyl groups excluding tert-OH is 1. The van der Waals surface area contributed by atoms with Crippen molar-refractivity contribution in [2.75, 3.05) is 7.11 Å². The normalized spacial score (nSPS) is 9.08. The molecule has 3 heteroatoms. The van der Waals surface area contributed by atoms with Gasteiger partial charge in [0.05, 0.1) is 7.11 Å². The predicted octanol–water partition coefficient (Wildman–Crippen LogP) is 2.11. The van der Waals surface area contributed by atoms with E-state index < -0.39 is 5.95 Å². The summed E-state index contributed by atoms with van der Waals surface area (Å²) in [5.41, 5.74) is 0.718. The van der Waals surface area contributed by atoms with Crippen LogP contribution in [0.5, 0.6) is 5.75 Å². The summed E-state index contributed by atoms with van der Waals surface area (Å²) >= 11 is 0. The fraction of sp³-hybridized carbons (Fsp3) is 0.111. The van der Waals surface area contributed by atoms with Crippen molar-refractivity contribution >= 4 is 6.08 Å². The lowest BCUT2D eigenvalue weighted by atomic mass is 10.2. The molecule has 0 amide bonds. The minimum Gasteiger partial charge on any atom is -0.497 e. The first kappa shape index (κ1) is 8.46. The van der Waals surface area contributed by atoms with Gasteiger partial charge in [-0.2, -0.15) is 0 Å². The molecule has 12 heavy (non-hydrogen) atoms. The molecule has 1 rings (SSSR count). The minimum atomic E-state index is -0.694. The maximum absolute atomic E-state index is 8.52. The predicted molar refractivity (Wildman–Crippen MR) is 46.2 cm³/mol. The van der Waals surface area contributed by atoms with Gasteiger partial charge in [-0.1, -0.05) is 12.1 Å². The van der Waals surface area contributed by atoms with Crippen LogP contribution in [0.1, 0.15) is 5.56 Å². The fourth-order valence-electron chi connectivity index (χ4n) is 0.849. The Morgan fingerprint density at radius 1 is 1.25 bits per heavy atom. The van der Waals surface area contributed by atoms with Gasteiger partial charge in [-0.15, -0.1) is 0 Å². The molecule has 0 heterocycles. The Morgan fingerprint density at radius 3 is 2.25 bits per heavy atom. The summed E-state index contributed by atoms with van der Waals surface area (Å²) in [5, 5.41) is 17.0. The van der Waals surface area contributed by atoms with Gasteiger partial charge in [-0.3, -0.25) is 0 Å². The molecule has 0 aromatic heterocycles. The van der Waals surface area contributed by atoms with Crippen LogP contribution >= 0.6 is 0 Å². The van der Waals surface area contributed by atoms with E-state index in [1.54, 1.807) is 31.4 Å². The number of aliphatic hydroxyl groups is 2. The SMILES string of the molecule is COc1ccc(C=C(O)O)cc1. The van der Waals surface area contributed by atoms with Crippen LogP contribution in [0.3, 0.4) is 0 Å². The number of hydrogen-bond acceptors (Lipinski definition) is 3. The van der Waals surface area contributed by atoms with Crippen molar-refractivity contribution < 1.29 is 14.9 Å². The molecule has 0 aliphatic carbocycles. The van der Waals surface area contributed by atoms with E-state index in [2.05, 4.69) is 0 Å². The second kappa shape index (κ2) is 3.67. The molecule has 0 saturated carbocycles. The van der Waals surface area contributed by atoms with Crippen molar-refractivity contribution in [2.45, 2.75) is 0 Å². The maximum Gasteiger partial charge on any atom is 0.274 e. The van der Waals surface area contributed by atoms with E-state index in [1.807, 2.05) is 0 Å². The maximum atomic E-state index is 8.52. The van der Waals surface area contributed by atoms with Crippen LogP contribution in [-0.4, -0.2) is 17.3 Å². The highest BCUT2D eigenvalue weighted by atomic mass is 16.5. The molecule has 0 bridgehead atoms. The molecule has 0 fully saturated rings. The van der Waals surface area contributed by atoms with Crippen LogP contribution in [-0.2, 0) is 0 Å². The molecule has 1 aromatic rings. The molecule has 1 aromatic carbocycles. The smallest absolute Gasteiger partial charge is 0.274 e. The number of hydrogen-bond donors (Lipinski definition) is 2. The molecule has 64 valence electrons. The average molecular weight is 166 g/mol. The van der Waals surface area contributed by atoms with Crippen LogP contribution in [0.25, 0.3) is 6.08 Å². The van der Waals surface area contributed by atoms with E-state index in [0.717, 1.165) is 11.3 Å². The first-order chi connectivity index (χ1) is 5.72. The lowest BCUT2D eigenvalue weighted by Gasteiger charge is -1.98. The molecular formula is C9H10O3. The fourth-order valence-corrected chi connectivity index (χ4v) is 0.849. The Labute approximate surface area is 70.5 Å². The van der Waals surface area contributed by atoms with Crippen molar-refractivity contribution in [1.29, 1.82) is 0 Å². The summed E-state index contributed by atoms with van der Waals surface area (Å²) in [6.07, 6.45) is 1.25. The lowest BCUT2D eigenvalue weighted by molar-refractivity contribution is 0.197. The Kier molecular flexibility index (Phi) is 2.58. The van der Waals surface area contributed by atoms with Gasteiger partial charge in [-0.25, -0.2) is 0 Å². The average Bonchev–Trinajstić information content (AvgIpc) is 2.05. The molecule has 0 aliphatic heterocycles. The monoisotopic (exact) mass is 166 g/mol. The van der Waals surface area contributed by atoms with Crippen LogP contribution in [0.4, 0.5) is 0 Å². The van der Waals surface area contributed by atoms with Crippen molar-refractivity contribution in [3.8, 4) is 5.75 Å². The quantitative estimate of drug-likeness (QED) is 0.661. The van der Waals surface area contributed by atoms with Crippen LogP contribution in [0.15, 0.2) is 30.2 Å². The summed E-state index contributed by atoms with van der Waals surface area (Å²) in [4.78, 5) is 0. The number of ether oxygens (including phenoxy) is 1. The largest absolute Gasteiger partial charge is 0.497 e. The van der Waals surface area contributed by atoms with E-state index >= 15 is 0 Å². The van der Waals surface area contributed by atoms with Gasteiger partial charge in [0.25, 0.3) is 5.95 Å². The van der Waals surface area contributed by atoms with Crippen molar-refractivity contribution in [3.05, 3.63) is 35.8 Å². The van der Waals surface area contributed by atoms with Crippen molar-refractivity contribution in [1.82, 2.24) is 0 Å². The third-order valence-electron chi connectivity index (χ3n) is 1.41. The first-order valence-corrected chi connectivity index (χ1v) is 3.46. The van der Waals surface area contributed by atoms with E-state index in [9.17, 15) is 0 Å². The second-order valence-electron chi connectivity index (χ2n) is 2.28. The molecule has 0 unspecified atom stereocenters. The van der Waals surface area contributed by atoms with Gasteiger partial charge in [0.15, 0.2) is 0 Å². The zero-order chi connectivity index (χ0) is 8.97. The zero-order valence-corrected chi connectivity index (χ0v) is 6.69. The first-order valence-electron chi connectivity index (χ1n) is 3.46. The van der Waals surface area contributed by atoms with E-state index in [1.165, 1.54) is 6.08 Å². The van der Waals surface area contributed by atoms with Crippen LogP contribution in [0.2, 0.25) is 0 Å². The Balaban J connectivity index is 2.85. The van der Waals surface area contributed by atoms with Crippen molar-refractivity contribution in [3.63, 3.8) is 0 Å². The van der Waals surface area contributed by atoms with Crippen LogP contribution < -0.4 is 4.74 Å². The molecule has 2 N–H and O–H groups in total. The summed E-state index contributed by atoms with van der Waals surface area (Å²) < 4.78 is 4.93. The molecule has 3 nitrogen and oxygen atoms in total. The standard InChI is InChI=1S/C9H10O3/c1-12-8-4-2-7(3-5-8)6-9(10)11/h2-6,10-11H,1H3. The number of methoxy groups -OCH3 is 1. The van der Waals surface area contributed by atoms with Gasteiger partial charge in [-0.05, 0) is 17.7 Å². The lowest BCUT2D eigenvalue weighted by Crippen LogP contribution is -1.82. The molecule has 0 aliphatic rings. The highest BCUT2D eigenvalue weighted by Gasteiger charge is 1.91. The summed E-state index contributed by atoms with van der Waals surface area (Å²) in [5.74, 6) is 0.0461. The summed E-state index contributed by atoms with van der Waals surface area (Å²) in [6, 6.07) is 6.94. The molecule has 0 saturated heterocycles. The van der Waals surface area contributed by atoms with Gasteiger partial charge >= 0.3 is 0 Å². The Hall–Kier alpha value is -1.64. The number of rotatable bonds is 2. The topological polar surface area (TPSA) is 49.7 Å². The highest BCUT2D eigenvalue weighted by Crippen LogP contribution is 2.12. The van der Waals surface area contributed by atoms with E-state index in [-0.39, 0.29) is 0 Å². The molecule has 0 spiro atoms. The second-order valence-corrected chi connectivity index (χ2v) is 2.28. The highest BCUT2D eigenvalue weighted by molar-refractivity contribution is 5.50. The van der Waals surface area contributed by atoms with Crippen LogP contribution in [0, 0.1) is 0 Å². The Bertz CT molecular complexity index is 270. The van der Waals surface area contributed by atoms with Gasteiger partial charge in [0, 0.05) is 6.08 Å². The van der Waals surface area contributed by atoms with E-state index in [0.29, 0.717) is 0 Å². The van der Waals surface area contributed by atoms with E-state index in [4.69, 9.17) is 14.9 Å². The molecule has 0 radical (unpaired) electrons. The zero-order valence-electron chi connectivity index (χ0n) is 6.69. The Morgan fingerprint density at radius 2 is 1.83 bits per heavy atom. The van der Waals surface area contributed by atoms with Gasteiger partial charge in [0.2, 0.25) is 0 Å². The van der Waals surface area contributed by atoms with Gasteiger partial charge in [0.1, 0.15) is 5.75 Å². The minimum absolute atomic E-state index is 0.694. The molecular weight excluding hydrogens is 156 g/mol. The third-order valence-corrected chi connectivity index (χ3v) is 1.41. The van der Waals surface area contributed by atoms with Gasteiger partial charge < -0.3 is 14.9 Å². The number of benzene rings is 1. The third kappa shape index (κ3) is 2.20. The molecule has 0 atom stereocenters.